The lowest BCUT2D eigenvalue weighted by molar-refractivity contribution is 0.0979. The topological polar surface area (TPSA) is 44.4 Å². The first kappa shape index (κ1) is 21.1. The van der Waals surface area contributed by atoms with Crippen LogP contribution in [-0.2, 0) is 0 Å². The van der Waals surface area contributed by atoms with Crippen molar-refractivity contribution < 1.29 is 4.79 Å². The van der Waals surface area contributed by atoms with Crippen molar-refractivity contribution in [2.75, 3.05) is 23.3 Å². The lowest BCUT2D eigenvalue weighted by Gasteiger charge is -2.31. The van der Waals surface area contributed by atoms with E-state index in [2.05, 4.69) is 31.5 Å². The quantitative estimate of drug-likeness (QED) is 0.408. The van der Waals surface area contributed by atoms with Gasteiger partial charge in [-0.2, -0.15) is 0 Å². The van der Waals surface area contributed by atoms with Crippen LogP contribution in [0.2, 0.25) is 5.02 Å². The molecule has 1 saturated heterocycles. The van der Waals surface area contributed by atoms with E-state index in [0.717, 1.165) is 52.6 Å². The van der Waals surface area contributed by atoms with Crippen LogP contribution < -0.4 is 15.5 Å². The maximum atomic E-state index is 12.9. The van der Waals surface area contributed by atoms with Crippen LogP contribution in [0.4, 0.5) is 11.4 Å². The summed E-state index contributed by atoms with van der Waals surface area (Å²) < 4.78 is 0.945. The fraction of sp³-hybridized carbons (Fsp3) is 0.217. The molecule has 1 fully saturated rings. The minimum atomic E-state index is -0.252. The van der Waals surface area contributed by atoms with E-state index in [4.69, 9.17) is 23.8 Å². The molecule has 0 bridgehead atoms. The third kappa shape index (κ3) is 4.46. The largest absolute Gasteiger partial charge is 0.369 e. The number of hydrogen-bond donors (Lipinski definition) is 2. The van der Waals surface area contributed by atoms with Crippen LogP contribution in [0.25, 0.3) is 10.8 Å². The van der Waals surface area contributed by atoms with E-state index in [9.17, 15) is 4.79 Å². The molecule has 0 unspecified atom stereocenters. The lowest BCUT2D eigenvalue weighted by Crippen LogP contribution is -2.35. The van der Waals surface area contributed by atoms with E-state index in [1.807, 2.05) is 48.5 Å². The van der Waals surface area contributed by atoms with Gasteiger partial charge in [-0.25, -0.2) is 0 Å². The summed E-state index contributed by atoms with van der Waals surface area (Å²) in [5, 5.41) is 8.75. The minimum Gasteiger partial charge on any atom is -0.369 e. The standard InChI is InChI=1S/C23H21BrClN3OS/c24-18-10-5-7-15-16(18)8-4-9-17(15)22(29)27-23(30)26-20-12-6-11-19(25)21(20)28-13-2-1-3-14-28/h4-12H,1-3,13-14H2,(H2,26,27,29,30). The molecule has 154 valence electrons. The number of benzene rings is 3. The highest BCUT2D eigenvalue weighted by Gasteiger charge is 2.19. The maximum absolute atomic E-state index is 12.9. The molecule has 0 atom stereocenters. The van der Waals surface area contributed by atoms with Crippen molar-refractivity contribution >= 4 is 72.9 Å². The zero-order chi connectivity index (χ0) is 21.1. The van der Waals surface area contributed by atoms with E-state index in [-0.39, 0.29) is 11.0 Å². The number of piperidine rings is 1. The molecule has 0 spiro atoms. The number of halogens is 2. The van der Waals surface area contributed by atoms with Crippen molar-refractivity contribution in [2.24, 2.45) is 0 Å². The molecule has 3 aromatic carbocycles. The molecule has 3 aromatic rings. The Bertz CT molecular complexity index is 1110. The SMILES string of the molecule is O=C(NC(=S)Nc1cccc(Cl)c1N1CCCCC1)c1cccc2c(Br)cccc12. The third-order valence-electron chi connectivity index (χ3n) is 5.25. The molecule has 1 heterocycles. The lowest BCUT2D eigenvalue weighted by atomic mass is 10.0. The highest BCUT2D eigenvalue weighted by Crippen LogP contribution is 2.35. The first-order valence-corrected chi connectivity index (χ1v) is 11.5. The zero-order valence-corrected chi connectivity index (χ0v) is 19.4. The summed E-state index contributed by atoms with van der Waals surface area (Å²) in [6.45, 7) is 1.92. The number of para-hydroxylation sites is 1. The van der Waals surface area contributed by atoms with Crippen LogP contribution in [0.5, 0.6) is 0 Å². The van der Waals surface area contributed by atoms with Crippen molar-refractivity contribution in [2.45, 2.75) is 19.3 Å². The van der Waals surface area contributed by atoms with Gasteiger partial charge < -0.3 is 10.2 Å². The van der Waals surface area contributed by atoms with Gasteiger partial charge in [-0.3, -0.25) is 10.1 Å². The van der Waals surface area contributed by atoms with Crippen molar-refractivity contribution in [3.05, 3.63) is 69.7 Å². The third-order valence-corrected chi connectivity index (χ3v) is 6.45. The smallest absolute Gasteiger partial charge is 0.258 e. The predicted molar refractivity (Wildman–Crippen MR) is 133 cm³/mol. The Morgan fingerprint density at radius 3 is 2.47 bits per heavy atom. The van der Waals surface area contributed by atoms with E-state index in [1.165, 1.54) is 6.42 Å². The Morgan fingerprint density at radius 2 is 1.67 bits per heavy atom. The average molecular weight is 503 g/mol. The molecule has 30 heavy (non-hydrogen) atoms. The van der Waals surface area contributed by atoms with Gasteiger partial charge in [0.25, 0.3) is 5.91 Å². The predicted octanol–water partition coefficient (Wildman–Crippen LogP) is 6.37. The molecular formula is C23H21BrClN3OS. The van der Waals surface area contributed by atoms with Crippen LogP contribution >= 0.6 is 39.7 Å². The molecule has 0 aliphatic carbocycles. The summed E-state index contributed by atoms with van der Waals surface area (Å²) in [4.78, 5) is 15.2. The fourth-order valence-corrected chi connectivity index (χ4v) is 4.84. The Balaban J connectivity index is 1.54. The van der Waals surface area contributed by atoms with Gasteiger partial charge in [-0.05, 0) is 66.5 Å². The highest BCUT2D eigenvalue weighted by atomic mass is 79.9. The summed E-state index contributed by atoms with van der Waals surface area (Å²) in [6.07, 6.45) is 3.52. The van der Waals surface area contributed by atoms with E-state index < -0.39 is 0 Å². The van der Waals surface area contributed by atoms with E-state index in [1.54, 1.807) is 6.07 Å². The molecule has 0 aromatic heterocycles. The van der Waals surface area contributed by atoms with Gasteiger partial charge in [0.05, 0.1) is 16.4 Å². The highest BCUT2D eigenvalue weighted by molar-refractivity contribution is 9.10. The second kappa shape index (κ2) is 9.33. The Labute approximate surface area is 194 Å². The fourth-order valence-electron chi connectivity index (χ4n) is 3.85. The Morgan fingerprint density at radius 1 is 0.967 bits per heavy atom. The zero-order valence-electron chi connectivity index (χ0n) is 16.3. The van der Waals surface area contributed by atoms with Crippen molar-refractivity contribution in [1.82, 2.24) is 5.32 Å². The molecule has 1 aliphatic rings. The first-order valence-electron chi connectivity index (χ1n) is 9.87. The van der Waals surface area contributed by atoms with Gasteiger partial charge in [0, 0.05) is 23.1 Å². The number of hydrogen-bond acceptors (Lipinski definition) is 3. The van der Waals surface area contributed by atoms with E-state index in [0.29, 0.717) is 10.6 Å². The van der Waals surface area contributed by atoms with Gasteiger partial charge in [-0.15, -0.1) is 0 Å². The van der Waals surface area contributed by atoms with Crippen molar-refractivity contribution in [3.63, 3.8) is 0 Å². The number of fused-ring (bicyclic) bond motifs is 1. The van der Waals surface area contributed by atoms with Crippen molar-refractivity contribution in [3.8, 4) is 0 Å². The molecule has 0 saturated carbocycles. The molecule has 7 heteroatoms. The summed E-state index contributed by atoms with van der Waals surface area (Å²) in [5.41, 5.74) is 2.31. The average Bonchev–Trinajstić information content (AvgIpc) is 2.74. The second-order valence-corrected chi connectivity index (χ2v) is 8.90. The molecule has 4 rings (SSSR count). The van der Waals surface area contributed by atoms with E-state index >= 15 is 0 Å². The van der Waals surface area contributed by atoms with Crippen LogP contribution in [0, 0.1) is 0 Å². The minimum absolute atomic E-state index is 0.243. The number of carbonyl (C=O) groups excluding carboxylic acids is 1. The number of anilines is 2. The molecule has 1 aliphatic heterocycles. The molecule has 2 N–H and O–H groups in total. The second-order valence-electron chi connectivity index (χ2n) is 7.23. The number of nitrogens with one attached hydrogen (secondary N) is 2. The summed E-state index contributed by atoms with van der Waals surface area (Å²) >= 11 is 15.5. The molecule has 0 radical (unpaired) electrons. The Kier molecular flexibility index (Phi) is 6.56. The van der Waals surface area contributed by atoms with Crippen LogP contribution in [-0.4, -0.2) is 24.1 Å². The molecular weight excluding hydrogens is 482 g/mol. The molecule has 4 nitrogen and oxygen atoms in total. The number of amides is 1. The normalized spacial score (nSPS) is 13.9. The van der Waals surface area contributed by atoms with Crippen molar-refractivity contribution in [1.29, 1.82) is 0 Å². The number of thiocarbonyl (C=S) groups is 1. The Hall–Kier alpha value is -2.15. The number of nitrogens with zero attached hydrogens (tertiary/aromatic N) is 1. The number of rotatable bonds is 3. The molecule has 1 amide bonds. The first-order chi connectivity index (χ1) is 14.5. The van der Waals surface area contributed by atoms with Crippen LogP contribution in [0.1, 0.15) is 29.6 Å². The van der Waals surface area contributed by atoms with Crippen LogP contribution in [0.15, 0.2) is 59.1 Å². The van der Waals surface area contributed by atoms with Gasteiger partial charge in [0.1, 0.15) is 0 Å². The number of carbonyl (C=O) groups is 1. The monoisotopic (exact) mass is 501 g/mol. The van der Waals surface area contributed by atoms with Gasteiger partial charge >= 0.3 is 0 Å². The van der Waals surface area contributed by atoms with Gasteiger partial charge in [0.15, 0.2) is 5.11 Å². The van der Waals surface area contributed by atoms with Gasteiger partial charge in [-0.1, -0.05) is 57.9 Å². The summed E-state index contributed by atoms with van der Waals surface area (Å²) in [5.74, 6) is -0.252. The summed E-state index contributed by atoms with van der Waals surface area (Å²) in [7, 11) is 0. The summed E-state index contributed by atoms with van der Waals surface area (Å²) in [6, 6.07) is 17.1. The van der Waals surface area contributed by atoms with Gasteiger partial charge in [0.2, 0.25) is 0 Å². The van der Waals surface area contributed by atoms with Crippen LogP contribution in [0.3, 0.4) is 0 Å². The maximum Gasteiger partial charge on any atom is 0.258 e.